The highest BCUT2D eigenvalue weighted by Gasteiger charge is 2.18. The topological polar surface area (TPSA) is 65.5 Å². The molecule has 0 spiro atoms. The number of hydrogen-bond acceptors (Lipinski definition) is 6. The first kappa shape index (κ1) is 17.5. The standard InChI is InChI=1S/C20H27N3O3/c1-2-7-22-15(3-1)4-10-25-17-11-19-18(13-21-14-23-19)20(12-17)26-16-5-8-24-9-6-16/h11-16,22H,1-10H2. The number of fused-ring (bicyclic) bond motifs is 1. The molecule has 2 fully saturated rings. The molecule has 4 rings (SSSR count). The van der Waals surface area contributed by atoms with Crippen molar-refractivity contribution in [3.05, 3.63) is 24.7 Å². The van der Waals surface area contributed by atoms with Crippen LogP contribution in [0.4, 0.5) is 0 Å². The zero-order chi connectivity index (χ0) is 17.6. The summed E-state index contributed by atoms with van der Waals surface area (Å²) in [6, 6.07) is 4.53. The highest BCUT2D eigenvalue weighted by atomic mass is 16.5. The first-order valence-electron chi connectivity index (χ1n) is 9.73. The summed E-state index contributed by atoms with van der Waals surface area (Å²) in [6.07, 6.45) is 10.2. The number of benzene rings is 1. The molecule has 6 heteroatoms. The number of ether oxygens (including phenoxy) is 3. The minimum Gasteiger partial charge on any atom is -0.493 e. The molecule has 0 amide bonds. The zero-order valence-electron chi connectivity index (χ0n) is 15.2. The number of nitrogens with one attached hydrogen (secondary N) is 1. The second-order valence-electron chi connectivity index (χ2n) is 7.09. The third kappa shape index (κ3) is 4.43. The molecule has 2 saturated heterocycles. The molecule has 140 valence electrons. The van der Waals surface area contributed by atoms with Crippen LogP contribution in [-0.2, 0) is 4.74 Å². The van der Waals surface area contributed by atoms with Gasteiger partial charge < -0.3 is 19.5 Å². The van der Waals surface area contributed by atoms with Crippen molar-refractivity contribution >= 4 is 10.9 Å². The quantitative estimate of drug-likeness (QED) is 0.857. The van der Waals surface area contributed by atoms with Crippen LogP contribution in [-0.4, -0.2) is 48.5 Å². The second-order valence-corrected chi connectivity index (χ2v) is 7.09. The van der Waals surface area contributed by atoms with E-state index >= 15 is 0 Å². The van der Waals surface area contributed by atoms with Crippen molar-refractivity contribution in [1.29, 1.82) is 0 Å². The second kappa shape index (κ2) is 8.64. The number of piperidine rings is 1. The Hall–Kier alpha value is -1.92. The summed E-state index contributed by atoms with van der Waals surface area (Å²) < 4.78 is 17.7. The van der Waals surface area contributed by atoms with E-state index in [9.17, 15) is 0 Å². The molecule has 2 aliphatic rings. The molecule has 1 atom stereocenters. The van der Waals surface area contributed by atoms with E-state index < -0.39 is 0 Å². The number of rotatable bonds is 6. The first-order chi connectivity index (χ1) is 12.9. The number of nitrogens with zero attached hydrogens (tertiary/aromatic N) is 2. The fraction of sp³-hybridized carbons (Fsp3) is 0.600. The van der Waals surface area contributed by atoms with E-state index in [1.165, 1.54) is 19.3 Å². The summed E-state index contributed by atoms with van der Waals surface area (Å²) in [5.41, 5.74) is 0.857. The molecule has 1 aromatic carbocycles. The van der Waals surface area contributed by atoms with Crippen LogP contribution in [0, 0.1) is 0 Å². The molecular weight excluding hydrogens is 330 g/mol. The normalized spacial score (nSPS) is 21.6. The summed E-state index contributed by atoms with van der Waals surface area (Å²) in [4.78, 5) is 8.54. The van der Waals surface area contributed by atoms with E-state index in [1.807, 2.05) is 18.3 Å². The Morgan fingerprint density at radius 3 is 2.92 bits per heavy atom. The van der Waals surface area contributed by atoms with Gasteiger partial charge in [-0.25, -0.2) is 9.97 Å². The van der Waals surface area contributed by atoms with Gasteiger partial charge in [0, 0.05) is 37.2 Å². The molecule has 6 nitrogen and oxygen atoms in total. The van der Waals surface area contributed by atoms with Crippen LogP contribution in [0.1, 0.15) is 38.5 Å². The van der Waals surface area contributed by atoms with Crippen molar-refractivity contribution < 1.29 is 14.2 Å². The molecule has 2 aromatic rings. The van der Waals surface area contributed by atoms with Crippen molar-refractivity contribution in [2.24, 2.45) is 0 Å². The SMILES string of the molecule is c1ncc2c(OC3CCOCC3)cc(OCCC3CCCCN3)cc2n1. The van der Waals surface area contributed by atoms with Gasteiger partial charge in [-0.2, -0.15) is 0 Å². The molecule has 0 aliphatic carbocycles. The van der Waals surface area contributed by atoms with Gasteiger partial charge in [0.25, 0.3) is 0 Å². The fourth-order valence-corrected chi connectivity index (χ4v) is 3.67. The Bertz CT molecular complexity index is 713. The molecule has 1 unspecified atom stereocenters. The van der Waals surface area contributed by atoms with Crippen LogP contribution >= 0.6 is 0 Å². The monoisotopic (exact) mass is 357 g/mol. The van der Waals surface area contributed by atoms with Crippen LogP contribution in [0.2, 0.25) is 0 Å². The van der Waals surface area contributed by atoms with Gasteiger partial charge in [-0.1, -0.05) is 6.42 Å². The Morgan fingerprint density at radius 1 is 1.15 bits per heavy atom. The van der Waals surface area contributed by atoms with Gasteiger partial charge in [0.05, 0.1) is 30.7 Å². The van der Waals surface area contributed by atoms with E-state index in [2.05, 4.69) is 15.3 Å². The first-order valence-corrected chi connectivity index (χ1v) is 9.73. The maximum Gasteiger partial charge on any atom is 0.134 e. The summed E-state index contributed by atoms with van der Waals surface area (Å²) in [5.74, 6) is 1.62. The van der Waals surface area contributed by atoms with Gasteiger partial charge in [-0.3, -0.25) is 0 Å². The van der Waals surface area contributed by atoms with Crippen molar-refractivity contribution in [3.8, 4) is 11.5 Å². The molecule has 2 aliphatic heterocycles. The molecular formula is C20H27N3O3. The minimum absolute atomic E-state index is 0.175. The highest BCUT2D eigenvalue weighted by Crippen LogP contribution is 2.31. The highest BCUT2D eigenvalue weighted by molar-refractivity contribution is 5.85. The van der Waals surface area contributed by atoms with Crippen LogP contribution in [0.3, 0.4) is 0 Å². The van der Waals surface area contributed by atoms with E-state index in [0.717, 1.165) is 61.4 Å². The predicted molar refractivity (Wildman–Crippen MR) is 99.8 cm³/mol. The van der Waals surface area contributed by atoms with Crippen molar-refractivity contribution in [2.75, 3.05) is 26.4 Å². The Kier molecular flexibility index (Phi) is 5.82. The van der Waals surface area contributed by atoms with Crippen LogP contribution in [0.15, 0.2) is 24.7 Å². The largest absolute Gasteiger partial charge is 0.493 e. The summed E-state index contributed by atoms with van der Waals surface area (Å²) >= 11 is 0. The zero-order valence-corrected chi connectivity index (χ0v) is 15.2. The molecule has 3 heterocycles. The fourth-order valence-electron chi connectivity index (χ4n) is 3.67. The summed E-state index contributed by atoms with van der Waals surface area (Å²) in [7, 11) is 0. The molecule has 1 N–H and O–H groups in total. The number of hydrogen-bond donors (Lipinski definition) is 1. The average Bonchev–Trinajstić information content (AvgIpc) is 2.70. The molecule has 0 saturated carbocycles. The van der Waals surface area contributed by atoms with Crippen LogP contribution in [0.5, 0.6) is 11.5 Å². The minimum atomic E-state index is 0.175. The van der Waals surface area contributed by atoms with Gasteiger partial charge in [0.15, 0.2) is 0 Å². The van der Waals surface area contributed by atoms with Crippen molar-refractivity contribution in [1.82, 2.24) is 15.3 Å². The Morgan fingerprint density at radius 2 is 2.08 bits per heavy atom. The lowest BCUT2D eigenvalue weighted by Crippen LogP contribution is -2.35. The van der Waals surface area contributed by atoms with Crippen molar-refractivity contribution in [2.45, 2.75) is 50.7 Å². The lowest BCUT2D eigenvalue weighted by molar-refractivity contribution is 0.0261. The third-order valence-electron chi connectivity index (χ3n) is 5.17. The molecule has 26 heavy (non-hydrogen) atoms. The maximum atomic E-state index is 6.25. The van der Waals surface area contributed by atoms with E-state index in [1.54, 1.807) is 6.33 Å². The van der Waals surface area contributed by atoms with E-state index in [-0.39, 0.29) is 6.10 Å². The summed E-state index contributed by atoms with van der Waals surface area (Å²) in [6.45, 7) is 3.33. The van der Waals surface area contributed by atoms with Gasteiger partial charge in [0.1, 0.15) is 23.9 Å². The van der Waals surface area contributed by atoms with Crippen LogP contribution in [0.25, 0.3) is 10.9 Å². The lowest BCUT2D eigenvalue weighted by atomic mass is 10.0. The van der Waals surface area contributed by atoms with Gasteiger partial charge in [0.2, 0.25) is 0 Å². The predicted octanol–water partition coefficient (Wildman–Crippen LogP) is 3.10. The molecule has 0 bridgehead atoms. The summed E-state index contributed by atoms with van der Waals surface area (Å²) in [5, 5.41) is 4.49. The lowest BCUT2D eigenvalue weighted by Gasteiger charge is -2.24. The maximum absolute atomic E-state index is 6.25. The van der Waals surface area contributed by atoms with Gasteiger partial charge in [-0.15, -0.1) is 0 Å². The average molecular weight is 357 g/mol. The van der Waals surface area contributed by atoms with Crippen LogP contribution < -0.4 is 14.8 Å². The molecule has 0 radical (unpaired) electrons. The Balaban J connectivity index is 1.45. The van der Waals surface area contributed by atoms with Gasteiger partial charge in [-0.05, 0) is 25.8 Å². The van der Waals surface area contributed by atoms with Gasteiger partial charge >= 0.3 is 0 Å². The third-order valence-corrected chi connectivity index (χ3v) is 5.17. The molecule has 1 aromatic heterocycles. The smallest absolute Gasteiger partial charge is 0.134 e. The van der Waals surface area contributed by atoms with E-state index in [0.29, 0.717) is 12.6 Å². The van der Waals surface area contributed by atoms with Crippen molar-refractivity contribution in [3.63, 3.8) is 0 Å². The Labute approximate surface area is 154 Å². The van der Waals surface area contributed by atoms with E-state index in [4.69, 9.17) is 14.2 Å². The number of aromatic nitrogens is 2.